The minimum Gasteiger partial charge on any atom is -0.320 e. The molecule has 5 heteroatoms. The van der Waals surface area contributed by atoms with Crippen LogP contribution in [0.4, 0.5) is 5.69 Å². The van der Waals surface area contributed by atoms with E-state index in [1.165, 1.54) is 5.56 Å². The third kappa shape index (κ3) is 4.03. The Morgan fingerprint density at radius 1 is 1.19 bits per heavy atom. The first kappa shape index (κ1) is 15.0. The van der Waals surface area contributed by atoms with Gasteiger partial charge in [-0.1, -0.05) is 29.8 Å². The summed E-state index contributed by atoms with van der Waals surface area (Å²) in [7, 11) is 1.68. The van der Waals surface area contributed by atoms with Gasteiger partial charge in [-0.2, -0.15) is 0 Å². The van der Waals surface area contributed by atoms with E-state index in [1.54, 1.807) is 29.9 Å². The highest BCUT2D eigenvalue weighted by Crippen LogP contribution is 2.06. The summed E-state index contributed by atoms with van der Waals surface area (Å²) in [5.41, 5.74) is 2.31. The van der Waals surface area contributed by atoms with Crippen LogP contribution in [0, 0.1) is 6.92 Å². The van der Waals surface area contributed by atoms with Crippen LogP contribution in [0.2, 0.25) is 0 Å². The summed E-state index contributed by atoms with van der Waals surface area (Å²) in [6.45, 7) is 2.68. The standard InChI is InChI=1S/C16H19N3O2/c1-12-5-7-13(8-6-12)11-19-9-3-4-14(16(19)21)18-15(20)10-17-2/h3-9,17H,10-11H2,1-2H3,(H,18,20). The third-order valence-electron chi connectivity index (χ3n) is 3.11. The Morgan fingerprint density at radius 3 is 2.57 bits per heavy atom. The maximum atomic E-state index is 12.3. The summed E-state index contributed by atoms with van der Waals surface area (Å²) in [6, 6.07) is 11.4. The molecule has 0 bridgehead atoms. The number of rotatable bonds is 5. The first-order chi connectivity index (χ1) is 10.1. The van der Waals surface area contributed by atoms with Crippen molar-refractivity contribution in [2.45, 2.75) is 13.5 Å². The van der Waals surface area contributed by atoms with E-state index in [-0.39, 0.29) is 18.0 Å². The zero-order valence-electron chi connectivity index (χ0n) is 12.2. The highest BCUT2D eigenvalue weighted by molar-refractivity contribution is 5.91. The monoisotopic (exact) mass is 285 g/mol. The van der Waals surface area contributed by atoms with Crippen LogP contribution in [0.3, 0.4) is 0 Å². The lowest BCUT2D eigenvalue weighted by molar-refractivity contribution is -0.115. The lowest BCUT2D eigenvalue weighted by Gasteiger charge is -2.09. The number of aryl methyl sites for hydroxylation is 1. The van der Waals surface area contributed by atoms with E-state index in [2.05, 4.69) is 10.6 Å². The molecule has 1 aromatic carbocycles. The molecule has 0 unspecified atom stereocenters. The number of aromatic nitrogens is 1. The van der Waals surface area contributed by atoms with Crippen LogP contribution < -0.4 is 16.2 Å². The van der Waals surface area contributed by atoms with Crippen LogP contribution in [-0.2, 0) is 11.3 Å². The number of carbonyl (C=O) groups excluding carboxylic acids is 1. The average Bonchev–Trinajstić information content (AvgIpc) is 2.46. The van der Waals surface area contributed by atoms with E-state index in [9.17, 15) is 9.59 Å². The van der Waals surface area contributed by atoms with Gasteiger partial charge in [0.05, 0.1) is 13.1 Å². The van der Waals surface area contributed by atoms with Gasteiger partial charge in [-0.05, 0) is 31.7 Å². The van der Waals surface area contributed by atoms with Crippen molar-refractivity contribution in [2.75, 3.05) is 18.9 Å². The zero-order valence-corrected chi connectivity index (χ0v) is 12.2. The maximum absolute atomic E-state index is 12.3. The van der Waals surface area contributed by atoms with Crippen molar-refractivity contribution >= 4 is 11.6 Å². The molecule has 0 saturated carbocycles. The number of amides is 1. The molecule has 0 spiro atoms. The Bertz CT molecular complexity index is 675. The molecular weight excluding hydrogens is 266 g/mol. The van der Waals surface area contributed by atoms with Crippen molar-refractivity contribution in [1.82, 2.24) is 9.88 Å². The molecule has 2 aromatic rings. The van der Waals surface area contributed by atoms with E-state index < -0.39 is 0 Å². The smallest absolute Gasteiger partial charge is 0.274 e. The first-order valence-corrected chi connectivity index (χ1v) is 6.79. The molecule has 5 nitrogen and oxygen atoms in total. The van der Waals surface area contributed by atoms with Crippen molar-refractivity contribution in [3.05, 3.63) is 64.1 Å². The van der Waals surface area contributed by atoms with Gasteiger partial charge in [0.2, 0.25) is 5.91 Å². The fourth-order valence-corrected chi connectivity index (χ4v) is 2.00. The Balaban J connectivity index is 2.19. The Labute approximate surface area is 123 Å². The summed E-state index contributed by atoms with van der Waals surface area (Å²) in [5.74, 6) is -0.234. The van der Waals surface area contributed by atoms with Crippen molar-refractivity contribution in [3.63, 3.8) is 0 Å². The Kier molecular flexibility index (Phi) is 4.90. The van der Waals surface area contributed by atoms with Gasteiger partial charge in [0, 0.05) is 6.20 Å². The second-order valence-corrected chi connectivity index (χ2v) is 4.92. The van der Waals surface area contributed by atoms with Crippen LogP contribution in [0.1, 0.15) is 11.1 Å². The van der Waals surface area contributed by atoms with Crippen molar-refractivity contribution in [3.8, 4) is 0 Å². The number of hydrogen-bond donors (Lipinski definition) is 2. The number of nitrogens with zero attached hydrogens (tertiary/aromatic N) is 1. The molecule has 110 valence electrons. The average molecular weight is 285 g/mol. The minimum absolute atomic E-state index is 0.173. The molecular formula is C16H19N3O2. The van der Waals surface area contributed by atoms with Gasteiger partial charge in [0.15, 0.2) is 0 Å². The molecule has 21 heavy (non-hydrogen) atoms. The molecule has 0 fully saturated rings. The normalized spacial score (nSPS) is 10.4. The topological polar surface area (TPSA) is 63.1 Å². The fraction of sp³-hybridized carbons (Fsp3) is 0.250. The van der Waals surface area contributed by atoms with Crippen molar-refractivity contribution < 1.29 is 4.79 Å². The highest BCUT2D eigenvalue weighted by Gasteiger charge is 2.07. The first-order valence-electron chi connectivity index (χ1n) is 6.79. The van der Waals surface area contributed by atoms with Crippen molar-refractivity contribution in [2.24, 2.45) is 0 Å². The summed E-state index contributed by atoms with van der Waals surface area (Å²) < 4.78 is 1.58. The molecule has 1 heterocycles. The Morgan fingerprint density at radius 2 is 1.90 bits per heavy atom. The maximum Gasteiger partial charge on any atom is 0.274 e. The second-order valence-electron chi connectivity index (χ2n) is 4.92. The summed E-state index contributed by atoms with van der Waals surface area (Å²) in [5, 5.41) is 5.36. The predicted octanol–water partition coefficient (Wildman–Crippen LogP) is 1.36. The molecule has 1 amide bonds. The summed E-state index contributed by atoms with van der Waals surface area (Å²) in [4.78, 5) is 23.9. The molecule has 0 aliphatic rings. The number of nitrogens with one attached hydrogen (secondary N) is 2. The number of carbonyl (C=O) groups is 1. The zero-order chi connectivity index (χ0) is 15.2. The highest BCUT2D eigenvalue weighted by atomic mass is 16.2. The minimum atomic E-state index is -0.234. The molecule has 2 rings (SSSR count). The predicted molar refractivity (Wildman–Crippen MR) is 83.5 cm³/mol. The molecule has 0 radical (unpaired) electrons. The molecule has 0 aliphatic heterocycles. The molecule has 2 N–H and O–H groups in total. The van der Waals surface area contributed by atoms with Crippen LogP contribution in [0.5, 0.6) is 0 Å². The van der Waals surface area contributed by atoms with Crippen molar-refractivity contribution in [1.29, 1.82) is 0 Å². The molecule has 0 aliphatic carbocycles. The molecule has 0 atom stereocenters. The van der Waals surface area contributed by atoms with Gasteiger partial charge < -0.3 is 15.2 Å². The van der Waals surface area contributed by atoms with Gasteiger partial charge in [-0.15, -0.1) is 0 Å². The van der Waals surface area contributed by atoms with Gasteiger partial charge in [0.25, 0.3) is 5.56 Å². The molecule has 0 saturated heterocycles. The lowest BCUT2D eigenvalue weighted by atomic mass is 10.1. The molecule has 1 aromatic heterocycles. The van der Waals surface area contributed by atoms with E-state index >= 15 is 0 Å². The quantitative estimate of drug-likeness (QED) is 0.872. The lowest BCUT2D eigenvalue weighted by Crippen LogP contribution is -2.30. The fourth-order valence-electron chi connectivity index (χ4n) is 2.00. The van der Waals surface area contributed by atoms with Crippen LogP contribution in [-0.4, -0.2) is 24.1 Å². The van der Waals surface area contributed by atoms with Gasteiger partial charge >= 0.3 is 0 Å². The van der Waals surface area contributed by atoms with Gasteiger partial charge in [-0.25, -0.2) is 0 Å². The van der Waals surface area contributed by atoms with E-state index in [4.69, 9.17) is 0 Å². The number of benzene rings is 1. The summed E-state index contributed by atoms with van der Waals surface area (Å²) >= 11 is 0. The van der Waals surface area contributed by atoms with E-state index in [0.717, 1.165) is 5.56 Å². The Hall–Kier alpha value is -2.40. The SMILES string of the molecule is CNCC(=O)Nc1cccn(Cc2ccc(C)cc2)c1=O. The van der Waals surface area contributed by atoms with Gasteiger partial charge in [-0.3, -0.25) is 9.59 Å². The van der Waals surface area contributed by atoms with Gasteiger partial charge in [0.1, 0.15) is 5.69 Å². The van der Waals surface area contributed by atoms with E-state index in [1.807, 2.05) is 31.2 Å². The van der Waals surface area contributed by atoms with Crippen LogP contribution in [0.15, 0.2) is 47.4 Å². The second kappa shape index (κ2) is 6.85. The van der Waals surface area contributed by atoms with E-state index in [0.29, 0.717) is 12.2 Å². The van der Waals surface area contributed by atoms with Crippen LogP contribution in [0.25, 0.3) is 0 Å². The third-order valence-corrected chi connectivity index (χ3v) is 3.11. The largest absolute Gasteiger partial charge is 0.320 e. The number of likely N-dealkylation sites (N-methyl/N-ethyl adjacent to an activating group) is 1. The number of anilines is 1. The van der Waals surface area contributed by atoms with Crippen LogP contribution >= 0.6 is 0 Å². The number of hydrogen-bond acceptors (Lipinski definition) is 3. The summed E-state index contributed by atoms with van der Waals surface area (Å²) in [6.07, 6.45) is 1.72. The number of pyridine rings is 1.